The summed E-state index contributed by atoms with van der Waals surface area (Å²) in [5.74, 6) is 0.125. The number of hydrogen-bond donors (Lipinski definition) is 3. The molecule has 0 unspecified atom stereocenters. The molecule has 0 fully saturated rings. The van der Waals surface area contributed by atoms with Crippen molar-refractivity contribution in [1.29, 1.82) is 0 Å². The van der Waals surface area contributed by atoms with Crippen molar-refractivity contribution in [3.05, 3.63) is 25.7 Å². The molecule has 1 aromatic rings. The second-order valence-corrected chi connectivity index (χ2v) is 1.88. The lowest BCUT2D eigenvalue weighted by Crippen LogP contribution is -2.05. The third-order valence-corrected chi connectivity index (χ3v) is 0.880. The lowest BCUT2D eigenvalue weighted by Gasteiger charge is -1.93. The molecule has 1 heterocycles. The normalized spacial score (nSPS) is 8.00. The minimum Gasteiger partial charge on any atom is -0.474 e. The minimum atomic E-state index is 0.0417. The van der Waals surface area contributed by atoms with Crippen molar-refractivity contribution in [2.75, 3.05) is 17.2 Å². The van der Waals surface area contributed by atoms with Gasteiger partial charge in [0.2, 0.25) is 17.8 Å². The Morgan fingerprint density at radius 2 is 1.14 bits per heavy atom. The lowest BCUT2D eigenvalue weighted by atomic mass is 10.9. The molecule has 0 atom stereocenters. The lowest BCUT2D eigenvalue weighted by molar-refractivity contribution is 0.406. The molecule has 76 valence electrons. The molecule has 1 aromatic heterocycles. The van der Waals surface area contributed by atoms with Crippen LogP contribution in [0.3, 0.4) is 0 Å². The fourth-order valence-electron chi connectivity index (χ4n) is 0.495. The Balaban J connectivity index is 0.000000292. The predicted octanol–water partition coefficient (Wildman–Crippen LogP) is -0.0918. The van der Waals surface area contributed by atoms with Crippen molar-refractivity contribution in [1.82, 2.24) is 15.0 Å². The Morgan fingerprint density at radius 1 is 0.857 bits per heavy atom. The molecular weight excluding hydrogens is 184 g/mol. The van der Waals surface area contributed by atoms with Gasteiger partial charge < -0.3 is 21.9 Å². The van der Waals surface area contributed by atoms with Gasteiger partial charge in [-0.3, -0.25) is 0 Å². The van der Waals surface area contributed by atoms with E-state index in [1.807, 2.05) is 0 Å². The molecular formula is C7H12N6O. The number of nitrogen functional groups attached to an aromatic ring is 3. The van der Waals surface area contributed by atoms with Crippen LogP contribution in [0.1, 0.15) is 0 Å². The molecule has 14 heavy (non-hydrogen) atoms. The number of ether oxygens (including phenoxy) is 1. The van der Waals surface area contributed by atoms with Gasteiger partial charge in [-0.05, 0) is 0 Å². The van der Waals surface area contributed by atoms with Crippen LogP contribution in [0.4, 0.5) is 17.8 Å². The molecule has 0 spiro atoms. The van der Waals surface area contributed by atoms with Gasteiger partial charge in [0, 0.05) is 0 Å². The molecule has 0 saturated heterocycles. The Bertz CT molecular complexity index is 257. The molecule has 0 aliphatic carbocycles. The van der Waals surface area contributed by atoms with Crippen LogP contribution in [-0.2, 0) is 4.74 Å². The molecule has 0 radical (unpaired) electrons. The van der Waals surface area contributed by atoms with Gasteiger partial charge in [-0.2, -0.15) is 15.0 Å². The summed E-state index contributed by atoms with van der Waals surface area (Å²) in [7, 11) is 0. The van der Waals surface area contributed by atoms with E-state index in [4.69, 9.17) is 17.2 Å². The second-order valence-electron chi connectivity index (χ2n) is 1.88. The first-order valence-corrected chi connectivity index (χ1v) is 3.50. The molecule has 0 aliphatic rings. The summed E-state index contributed by atoms with van der Waals surface area (Å²) in [6.45, 7) is 6.51. The largest absolute Gasteiger partial charge is 0.474 e. The molecule has 7 nitrogen and oxygen atoms in total. The maximum Gasteiger partial charge on any atom is 0.226 e. The highest BCUT2D eigenvalue weighted by atomic mass is 16.5. The van der Waals surface area contributed by atoms with Crippen molar-refractivity contribution < 1.29 is 4.74 Å². The highest BCUT2D eigenvalue weighted by Gasteiger charge is 1.93. The van der Waals surface area contributed by atoms with Crippen molar-refractivity contribution in [2.24, 2.45) is 0 Å². The SMILES string of the molecule is C=COC=C.Nc1nc(N)nc(N)n1. The van der Waals surface area contributed by atoms with Crippen LogP contribution in [0.2, 0.25) is 0 Å². The molecule has 0 bridgehead atoms. The Hall–Kier alpha value is -2.31. The number of rotatable bonds is 2. The van der Waals surface area contributed by atoms with Gasteiger partial charge in [0.15, 0.2) is 0 Å². The van der Waals surface area contributed by atoms with Crippen molar-refractivity contribution in [3.63, 3.8) is 0 Å². The van der Waals surface area contributed by atoms with E-state index < -0.39 is 0 Å². The zero-order chi connectivity index (χ0) is 11.0. The number of nitrogens with two attached hydrogens (primary N) is 3. The van der Waals surface area contributed by atoms with Crippen LogP contribution < -0.4 is 17.2 Å². The number of nitrogens with zero attached hydrogens (tertiary/aromatic N) is 3. The maximum absolute atomic E-state index is 5.14. The van der Waals surface area contributed by atoms with Crippen molar-refractivity contribution in [2.45, 2.75) is 0 Å². The molecule has 1 rings (SSSR count). The average Bonchev–Trinajstić information content (AvgIpc) is 2.03. The van der Waals surface area contributed by atoms with Gasteiger partial charge >= 0.3 is 0 Å². The smallest absolute Gasteiger partial charge is 0.226 e. The fourth-order valence-corrected chi connectivity index (χ4v) is 0.495. The molecule has 7 heteroatoms. The van der Waals surface area contributed by atoms with E-state index in [9.17, 15) is 0 Å². The molecule has 6 N–H and O–H groups in total. The van der Waals surface area contributed by atoms with Crippen LogP contribution in [0, 0.1) is 0 Å². The highest BCUT2D eigenvalue weighted by Crippen LogP contribution is 1.97. The van der Waals surface area contributed by atoms with Crippen LogP contribution in [0.5, 0.6) is 0 Å². The quantitative estimate of drug-likeness (QED) is 0.564. The van der Waals surface area contributed by atoms with Crippen LogP contribution in [0.25, 0.3) is 0 Å². The minimum absolute atomic E-state index is 0.0417. The third-order valence-electron chi connectivity index (χ3n) is 0.880. The van der Waals surface area contributed by atoms with Crippen LogP contribution in [-0.4, -0.2) is 15.0 Å². The molecule has 0 saturated carbocycles. The second kappa shape index (κ2) is 6.23. The average molecular weight is 196 g/mol. The summed E-state index contributed by atoms with van der Waals surface area (Å²) in [6, 6.07) is 0. The topological polar surface area (TPSA) is 126 Å². The molecule has 0 amide bonds. The maximum atomic E-state index is 5.14. The third kappa shape index (κ3) is 5.35. The number of anilines is 3. The Kier molecular flexibility index (Phi) is 5.20. The first-order valence-electron chi connectivity index (χ1n) is 3.50. The van der Waals surface area contributed by atoms with Gasteiger partial charge in [-0.25, -0.2) is 0 Å². The van der Waals surface area contributed by atoms with E-state index in [1.165, 1.54) is 12.5 Å². The van der Waals surface area contributed by atoms with Gasteiger partial charge in [0.1, 0.15) is 0 Å². The zero-order valence-corrected chi connectivity index (χ0v) is 7.55. The van der Waals surface area contributed by atoms with Crippen molar-refractivity contribution >= 4 is 17.8 Å². The monoisotopic (exact) mass is 196 g/mol. The van der Waals surface area contributed by atoms with E-state index in [-0.39, 0.29) is 17.8 Å². The van der Waals surface area contributed by atoms with E-state index in [0.717, 1.165) is 0 Å². The first-order chi connectivity index (χ1) is 6.60. The van der Waals surface area contributed by atoms with E-state index in [1.54, 1.807) is 0 Å². The highest BCUT2D eigenvalue weighted by molar-refractivity contribution is 5.33. The van der Waals surface area contributed by atoms with Crippen LogP contribution in [0.15, 0.2) is 25.7 Å². The zero-order valence-electron chi connectivity index (χ0n) is 7.55. The number of hydrogen-bond acceptors (Lipinski definition) is 7. The molecule has 0 aromatic carbocycles. The Morgan fingerprint density at radius 3 is 1.29 bits per heavy atom. The molecule has 0 aliphatic heterocycles. The fraction of sp³-hybridized carbons (Fsp3) is 0. The predicted molar refractivity (Wildman–Crippen MR) is 54.5 cm³/mol. The van der Waals surface area contributed by atoms with Gasteiger partial charge in [0.05, 0.1) is 12.5 Å². The number of aromatic nitrogens is 3. The summed E-state index contributed by atoms with van der Waals surface area (Å²) in [5, 5.41) is 0. The Labute approximate surface area is 81.3 Å². The van der Waals surface area contributed by atoms with E-state index in [0.29, 0.717) is 0 Å². The standard InChI is InChI=1S/C4H6O.C3H6N6/c1-3-5-4-2;4-1-7-2(5)9-3(6)8-1/h3-4H,1-2H2;(H6,4,5,6,7,8,9). The van der Waals surface area contributed by atoms with E-state index >= 15 is 0 Å². The summed E-state index contributed by atoms with van der Waals surface area (Å²) in [5.41, 5.74) is 15.4. The summed E-state index contributed by atoms with van der Waals surface area (Å²) >= 11 is 0. The first kappa shape index (κ1) is 11.7. The van der Waals surface area contributed by atoms with Gasteiger partial charge in [-0.15, -0.1) is 0 Å². The van der Waals surface area contributed by atoms with Gasteiger partial charge in [-0.1, -0.05) is 13.2 Å². The van der Waals surface area contributed by atoms with Gasteiger partial charge in [0.25, 0.3) is 0 Å². The summed E-state index contributed by atoms with van der Waals surface area (Å²) < 4.78 is 4.36. The van der Waals surface area contributed by atoms with E-state index in [2.05, 4.69) is 32.8 Å². The summed E-state index contributed by atoms with van der Waals surface area (Å²) in [6.07, 6.45) is 2.62. The van der Waals surface area contributed by atoms with Crippen LogP contribution >= 0.6 is 0 Å². The van der Waals surface area contributed by atoms with Crippen molar-refractivity contribution in [3.8, 4) is 0 Å². The summed E-state index contributed by atoms with van der Waals surface area (Å²) in [4.78, 5) is 10.5.